The Balaban J connectivity index is 2.93. The fourth-order valence-electron chi connectivity index (χ4n) is 2.02. The largest absolute Gasteiger partial charge is 0.354 e. The minimum atomic E-state index is -0.188. The number of benzene rings is 1. The molecule has 0 fully saturated rings. The van der Waals surface area contributed by atoms with Gasteiger partial charge in [-0.25, -0.2) is 4.98 Å². The van der Waals surface area contributed by atoms with Gasteiger partial charge >= 0.3 is 0 Å². The first-order valence-corrected chi connectivity index (χ1v) is 6.01. The molecule has 0 amide bonds. The molecular weight excluding hydrogens is 223 g/mol. The molecule has 3 nitrogen and oxygen atoms in total. The van der Waals surface area contributed by atoms with Crippen LogP contribution in [-0.2, 0) is 5.41 Å². The highest BCUT2D eigenvalue weighted by atomic mass is 16.1. The van der Waals surface area contributed by atoms with Crippen LogP contribution in [0.3, 0.4) is 0 Å². The second kappa shape index (κ2) is 3.97. The van der Waals surface area contributed by atoms with Gasteiger partial charge in [0.2, 0.25) is 13.5 Å². The topological polar surface area (TPSA) is 34.9 Å². The summed E-state index contributed by atoms with van der Waals surface area (Å²) >= 11 is 0. The summed E-state index contributed by atoms with van der Waals surface area (Å²) in [7, 11) is 5.70. The number of rotatable bonds is 0. The summed E-state index contributed by atoms with van der Waals surface area (Å²) in [4.78, 5) is 16.6. The van der Waals surface area contributed by atoms with E-state index in [1.54, 1.807) is 6.92 Å². The zero-order chi connectivity index (χ0) is 13.7. The van der Waals surface area contributed by atoms with Crippen molar-refractivity contribution in [2.24, 2.45) is 0 Å². The molecule has 0 aliphatic rings. The lowest BCUT2D eigenvalue weighted by atomic mass is 9.85. The van der Waals surface area contributed by atoms with Crippen molar-refractivity contribution in [1.82, 2.24) is 9.46 Å². The van der Waals surface area contributed by atoms with Crippen LogP contribution in [0.2, 0.25) is 0 Å². The van der Waals surface area contributed by atoms with E-state index >= 15 is 0 Å². The van der Waals surface area contributed by atoms with Gasteiger partial charge < -0.3 is 4.48 Å². The van der Waals surface area contributed by atoms with Gasteiger partial charge in [0, 0.05) is 0 Å². The monoisotopic (exact) mass is 240 g/mol. The van der Waals surface area contributed by atoms with E-state index in [9.17, 15) is 4.79 Å². The van der Waals surface area contributed by atoms with Crippen LogP contribution in [0.15, 0.2) is 16.9 Å². The maximum atomic E-state index is 12.2. The summed E-state index contributed by atoms with van der Waals surface area (Å²) in [5, 5.41) is 0.591. The minimum Gasteiger partial charge on any atom is -0.354 e. The van der Waals surface area contributed by atoms with Crippen molar-refractivity contribution in [3.8, 4) is 0 Å². The zero-order valence-electron chi connectivity index (χ0n) is 11.5. The fourth-order valence-corrected chi connectivity index (χ4v) is 2.02. The Hall–Kier alpha value is -1.58. The van der Waals surface area contributed by atoms with Gasteiger partial charge in [0.05, 0.1) is 16.7 Å². The van der Waals surface area contributed by atoms with Crippen LogP contribution < -0.4 is 5.56 Å². The first kappa shape index (κ1) is 12.9. The smallest absolute Gasteiger partial charge is 0.248 e. The Bertz CT molecular complexity index is 681. The SMILES string of the molecule is [B]n1c(C)nc2c(C)cc(C(C)(C)C)cc2c1=O. The third-order valence-corrected chi connectivity index (χ3v) is 3.24. The van der Waals surface area contributed by atoms with Crippen LogP contribution >= 0.6 is 0 Å². The van der Waals surface area contributed by atoms with Crippen LogP contribution in [0.25, 0.3) is 10.9 Å². The Labute approximate surface area is 108 Å². The van der Waals surface area contributed by atoms with E-state index in [-0.39, 0.29) is 11.0 Å². The molecule has 0 N–H and O–H groups in total. The standard InChI is InChI=1S/C14H17BN2O/c1-8-6-10(14(3,4)5)7-11-12(8)16-9(2)17(15)13(11)18/h6-7H,1-5H3. The first-order chi connectivity index (χ1) is 8.21. The normalized spacial score (nSPS) is 12.1. The van der Waals surface area contributed by atoms with Gasteiger partial charge in [-0.05, 0) is 36.5 Å². The molecule has 4 heteroatoms. The van der Waals surface area contributed by atoms with Gasteiger partial charge in [0.1, 0.15) is 0 Å². The quantitative estimate of drug-likeness (QED) is 0.662. The maximum absolute atomic E-state index is 12.2. The van der Waals surface area contributed by atoms with Gasteiger partial charge in [-0.1, -0.05) is 26.8 Å². The third kappa shape index (κ3) is 1.96. The molecule has 0 bridgehead atoms. The van der Waals surface area contributed by atoms with Crippen molar-refractivity contribution in [2.75, 3.05) is 0 Å². The average molecular weight is 240 g/mol. The van der Waals surface area contributed by atoms with E-state index in [1.807, 2.05) is 13.0 Å². The molecule has 0 aliphatic carbocycles. The summed E-state index contributed by atoms with van der Waals surface area (Å²) in [5.41, 5.74) is 2.68. The second-order valence-electron chi connectivity index (χ2n) is 5.77. The van der Waals surface area contributed by atoms with Gasteiger partial charge in [-0.2, -0.15) is 0 Å². The molecule has 0 aliphatic heterocycles. The molecule has 2 radical (unpaired) electrons. The Morgan fingerprint density at radius 2 is 1.83 bits per heavy atom. The maximum Gasteiger partial charge on any atom is 0.248 e. The Morgan fingerprint density at radius 1 is 1.22 bits per heavy atom. The number of hydrogen-bond donors (Lipinski definition) is 0. The molecule has 92 valence electrons. The van der Waals surface area contributed by atoms with Crippen molar-refractivity contribution in [3.05, 3.63) is 39.4 Å². The molecule has 1 heterocycles. The minimum absolute atomic E-state index is 0.00426. The van der Waals surface area contributed by atoms with Crippen molar-refractivity contribution in [1.29, 1.82) is 0 Å². The molecule has 1 aromatic heterocycles. The summed E-state index contributed by atoms with van der Waals surface area (Å²) in [6.07, 6.45) is 0. The number of fused-ring (bicyclic) bond motifs is 1. The third-order valence-electron chi connectivity index (χ3n) is 3.24. The van der Waals surface area contributed by atoms with E-state index in [4.69, 9.17) is 7.98 Å². The predicted octanol–water partition coefficient (Wildman–Crippen LogP) is 2.24. The second-order valence-corrected chi connectivity index (χ2v) is 5.77. The van der Waals surface area contributed by atoms with Crippen LogP contribution in [0.5, 0.6) is 0 Å². The molecule has 0 spiro atoms. The van der Waals surface area contributed by atoms with Gasteiger partial charge in [0.15, 0.2) is 0 Å². The van der Waals surface area contributed by atoms with Crippen LogP contribution in [0.1, 0.15) is 37.7 Å². The van der Waals surface area contributed by atoms with E-state index in [1.165, 1.54) is 0 Å². The summed E-state index contributed by atoms with van der Waals surface area (Å²) in [6, 6.07) is 4.00. The van der Waals surface area contributed by atoms with Crippen LogP contribution in [0.4, 0.5) is 0 Å². The molecule has 0 unspecified atom stereocenters. The predicted molar refractivity (Wildman–Crippen MR) is 75.3 cm³/mol. The Kier molecular flexibility index (Phi) is 2.84. The highest BCUT2D eigenvalue weighted by Crippen LogP contribution is 2.26. The van der Waals surface area contributed by atoms with Crippen molar-refractivity contribution < 1.29 is 0 Å². The van der Waals surface area contributed by atoms with Gasteiger partial charge in [-0.15, -0.1) is 0 Å². The number of nitrogens with zero attached hydrogens (tertiary/aromatic N) is 2. The van der Waals surface area contributed by atoms with E-state index in [2.05, 4.69) is 31.8 Å². The highest BCUT2D eigenvalue weighted by molar-refractivity contribution is 6.07. The molecule has 1 aromatic carbocycles. The van der Waals surface area contributed by atoms with Crippen LogP contribution in [0, 0.1) is 13.8 Å². The van der Waals surface area contributed by atoms with Crippen molar-refractivity contribution in [3.63, 3.8) is 0 Å². The first-order valence-electron chi connectivity index (χ1n) is 6.01. The number of aromatic nitrogens is 2. The number of hydrogen-bond acceptors (Lipinski definition) is 2. The van der Waals surface area contributed by atoms with Crippen molar-refractivity contribution >= 4 is 18.9 Å². The molecule has 2 rings (SSSR count). The van der Waals surface area contributed by atoms with Crippen molar-refractivity contribution in [2.45, 2.75) is 40.0 Å². The summed E-state index contributed by atoms with van der Waals surface area (Å²) < 4.78 is 1.11. The van der Waals surface area contributed by atoms with E-state index in [0.29, 0.717) is 11.2 Å². The molecule has 0 atom stereocenters. The van der Waals surface area contributed by atoms with Gasteiger partial charge in [0.25, 0.3) is 0 Å². The Morgan fingerprint density at radius 3 is 2.39 bits per heavy atom. The molecule has 2 aromatic rings. The summed E-state index contributed by atoms with van der Waals surface area (Å²) in [5.74, 6) is 0.527. The average Bonchev–Trinajstić information content (AvgIpc) is 2.26. The van der Waals surface area contributed by atoms with E-state index < -0.39 is 0 Å². The lowest BCUT2D eigenvalue weighted by Crippen LogP contribution is -2.23. The summed E-state index contributed by atoms with van der Waals surface area (Å²) in [6.45, 7) is 10.1. The lowest BCUT2D eigenvalue weighted by molar-refractivity contribution is 0.590. The fraction of sp³-hybridized carbons (Fsp3) is 0.429. The molecule has 18 heavy (non-hydrogen) atoms. The number of aryl methyl sites for hydroxylation is 2. The highest BCUT2D eigenvalue weighted by Gasteiger charge is 2.17. The van der Waals surface area contributed by atoms with Gasteiger partial charge in [-0.3, -0.25) is 4.79 Å². The molecule has 0 saturated carbocycles. The zero-order valence-corrected chi connectivity index (χ0v) is 11.5. The van der Waals surface area contributed by atoms with E-state index in [0.717, 1.165) is 21.1 Å². The van der Waals surface area contributed by atoms with Crippen LogP contribution in [-0.4, -0.2) is 17.4 Å². The molecule has 0 saturated heterocycles. The lowest BCUT2D eigenvalue weighted by Gasteiger charge is -2.20. The molecular formula is C14H17BN2O.